The molecule has 3 heterocycles. The second-order valence-corrected chi connectivity index (χ2v) is 7.60. The number of halogens is 1. The Morgan fingerprint density at radius 3 is 2.56 bits per heavy atom. The zero-order valence-electron chi connectivity index (χ0n) is 15.8. The van der Waals surface area contributed by atoms with Crippen molar-refractivity contribution < 1.29 is 9.18 Å². The van der Waals surface area contributed by atoms with Crippen molar-refractivity contribution in [1.82, 2.24) is 24.8 Å². The van der Waals surface area contributed by atoms with Gasteiger partial charge < -0.3 is 9.80 Å². The van der Waals surface area contributed by atoms with Crippen molar-refractivity contribution in [1.29, 1.82) is 0 Å². The van der Waals surface area contributed by atoms with Gasteiger partial charge in [0.15, 0.2) is 5.69 Å². The first-order valence-corrected chi connectivity index (χ1v) is 9.84. The Labute approximate surface area is 158 Å². The summed E-state index contributed by atoms with van der Waals surface area (Å²) in [5.74, 6) is -0.330. The molecule has 0 bridgehead atoms. The van der Waals surface area contributed by atoms with Crippen molar-refractivity contribution in [2.24, 2.45) is 0 Å². The predicted octanol–water partition coefficient (Wildman–Crippen LogP) is 2.81. The third-order valence-electron chi connectivity index (χ3n) is 5.78. The number of carbonyl (C=O) groups is 1. The van der Waals surface area contributed by atoms with Gasteiger partial charge in [-0.1, -0.05) is 11.6 Å². The Morgan fingerprint density at radius 2 is 1.85 bits per heavy atom. The van der Waals surface area contributed by atoms with Crippen molar-refractivity contribution >= 4 is 5.91 Å². The third kappa shape index (κ3) is 3.88. The number of aryl methyl sites for hydroxylation is 1. The Morgan fingerprint density at radius 1 is 1.11 bits per heavy atom. The fraction of sp³-hybridized carbons (Fsp3) is 0.550. The van der Waals surface area contributed by atoms with E-state index in [9.17, 15) is 9.18 Å². The van der Waals surface area contributed by atoms with Crippen molar-refractivity contribution in [2.45, 2.75) is 45.1 Å². The molecule has 2 fully saturated rings. The lowest BCUT2D eigenvalue weighted by Crippen LogP contribution is -2.48. The number of rotatable bonds is 3. The van der Waals surface area contributed by atoms with Crippen LogP contribution in [0.5, 0.6) is 0 Å². The number of carbonyl (C=O) groups excluding carboxylic acids is 1. The smallest absolute Gasteiger partial charge is 0.276 e. The van der Waals surface area contributed by atoms with E-state index in [1.54, 1.807) is 25.3 Å². The second kappa shape index (κ2) is 7.76. The summed E-state index contributed by atoms with van der Waals surface area (Å²) in [7, 11) is 0. The predicted molar refractivity (Wildman–Crippen MR) is 100 cm³/mol. The Bertz CT molecular complexity index is 806. The van der Waals surface area contributed by atoms with Crippen LogP contribution in [0.4, 0.5) is 4.39 Å². The molecule has 27 heavy (non-hydrogen) atoms. The molecule has 144 valence electrons. The van der Waals surface area contributed by atoms with Crippen LogP contribution in [0.1, 0.15) is 48.2 Å². The highest BCUT2D eigenvalue weighted by atomic mass is 19.1. The van der Waals surface area contributed by atoms with E-state index in [1.165, 1.54) is 43.1 Å². The second-order valence-electron chi connectivity index (χ2n) is 7.60. The summed E-state index contributed by atoms with van der Waals surface area (Å²) in [6.45, 7) is 5.63. The minimum Gasteiger partial charge on any atom is -0.337 e. The summed E-state index contributed by atoms with van der Waals surface area (Å²) in [6, 6.07) is 5.34. The number of amides is 1. The SMILES string of the molecule is Cc1cc(-n2cc(C(=O)N3CCC(N4CCCCC4)CC3)nn2)ccc1F. The number of piperidine rings is 2. The van der Waals surface area contributed by atoms with Crippen molar-refractivity contribution in [2.75, 3.05) is 26.2 Å². The average molecular weight is 371 g/mol. The monoisotopic (exact) mass is 371 g/mol. The standard InChI is InChI=1S/C20H26FN5O/c1-15-13-17(5-6-18(15)21)26-14-19(22-23-26)20(27)25-11-7-16(8-12-25)24-9-3-2-4-10-24/h5-6,13-14,16H,2-4,7-12H2,1H3. The van der Waals surface area contributed by atoms with Gasteiger partial charge in [0.05, 0.1) is 11.9 Å². The van der Waals surface area contributed by atoms with Gasteiger partial charge in [0.25, 0.3) is 5.91 Å². The first kappa shape index (κ1) is 18.1. The number of benzene rings is 1. The van der Waals surface area contributed by atoms with Crippen LogP contribution in [0.3, 0.4) is 0 Å². The van der Waals surface area contributed by atoms with Gasteiger partial charge in [-0.2, -0.15) is 0 Å². The van der Waals surface area contributed by atoms with Crippen LogP contribution in [0.2, 0.25) is 0 Å². The number of hydrogen-bond acceptors (Lipinski definition) is 4. The lowest BCUT2D eigenvalue weighted by molar-refractivity contribution is 0.0584. The van der Waals surface area contributed by atoms with Crippen LogP contribution in [0.25, 0.3) is 5.69 Å². The zero-order chi connectivity index (χ0) is 18.8. The van der Waals surface area contributed by atoms with Gasteiger partial charge in [-0.05, 0) is 69.5 Å². The largest absolute Gasteiger partial charge is 0.337 e. The van der Waals surface area contributed by atoms with E-state index >= 15 is 0 Å². The molecule has 2 aliphatic heterocycles. The van der Waals surface area contributed by atoms with Crippen molar-refractivity contribution in [3.63, 3.8) is 0 Å². The first-order chi connectivity index (χ1) is 13.1. The molecule has 6 nitrogen and oxygen atoms in total. The molecule has 7 heteroatoms. The highest BCUT2D eigenvalue weighted by molar-refractivity contribution is 5.92. The summed E-state index contributed by atoms with van der Waals surface area (Å²) in [4.78, 5) is 17.3. The van der Waals surface area contributed by atoms with Crippen LogP contribution in [0, 0.1) is 12.7 Å². The maximum Gasteiger partial charge on any atom is 0.276 e. The van der Waals surface area contributed by atoms with Gasteiger partial charge in [-0.3, -0.25) is 4.79 Å². The van der Waals surface area contributed by atoms with E-state index in [4.69, 9.17) is 0 Å². The molecule has 0 unspecified atom stereocenters. The minimum atomic E-state index is -0.258. The number of nitrogens with zero attached hydrogens (tertiary/aromatic N) is 5. The van der Waals surface area contributed by atoms with E-state index in [2.05, 4.69) is 15.2 Å². The molecule has 0 spiro atoms. The van der Waals surface area contributed by atoms with Gasteiger partial charge in [-0.25, -0.2) is 9.07 Å². The molecule has 2 aromatic rings. The fourth-order valence-corrected chi connectivity index (χ4v) is 4.14. The summed E-state index contributed by atoms with van der Waals surface area (Å²) in [5.41, 5.74) is 1.58. The van der Waals surface area contributed by atoms with Crippen LogP contribution in [-0.4, -0.2) is 62.9 Å². The van der Waals surface area contributed by atoms with Gasteiger partial charge in [-0.15, -0.1) is 5.10 Å². The number of hydrogen-bond donors (Lipinski definition) is 0. The highest BCUT2D eigenvalue weighted by Crippen LogP contribution is 2.22. The lowest BCUT2D eigenvalue weighted by atomic mass is 10.00. The molecule has 1 aromatic heterocycles. The minimum absolute atomic E-state index is 0.0721. The maximum atomic E-state index is 13.4. The fourth-order valence-electron chi connectivity index (χ4n) is 4.14. The molecule has 0 N–H and O–H groups in total. The maximum absolute atomic E-state index is 13.4. The van der Waals surface area contributed by atoms with Gasteiger partial charge in [0.2, 0.25) is 0 Å². The van der Waals surface area contributed by atoms with Gasteiger partial charge >= 0.3 is 0 Å². The molecular formula is C20H26FN5O. The van der Waals surface area contributed by atoms with E-state index in [1.807, 2.05) is 4.90 Å². The van der Waals surface area contributed by atoms with Crippen LogP contribution >= 0.6 is 0 Å². The van der Waals surface area contributed by atoms with E-state index in [0.717, 1.165) is 25.9 Å². The molecule has 1 aromatic carbocycles. The van der Waals surface area contributed by atoms with Crippen LogP contribution in [0.15, 0.2) is 24.4 Å². The highest BCUT2D eigenvalue weighted by Gasteiger charge is 2.29. The third-order valence-corrected chi connectivity index (χ3v) is 5.78. The summed E-state index contributed by atoms with van der Waals surface area (Å²) < 4.78 is 15.0. The van der Waals surface area contributed by atoms with E-state index in [-0.39, 0.29) is 11.7 Å². The molecule has 4 rings (SSSR count). The topological polar surface area (TPSA) is 54.3 Å². The van der Waals surface area contributed by atoms with E-state index < -0.39 is 0 Å². The molecule has 0 radical (unpaired) electrons. The number of likely N-dealkylation sites (tertiary alicyclic amines) is 2. The summed E-state index contributed by atoms with van der Waals surface area (Å²) in [5, 5.41) is 8.10. The van der Waals surface area contributed by atoms with Crippen LogP contribution in [-0.2, 0) is 0 Å². The normalized spacial score (nSPS) is 19.4. The Hall–Kier alpha value is -2.28. The molecular weight excluding hydrogens is 345 g/mol. The summed E-state index contributed by atoms with van der Waals surface area (Å²) >= 11 is 0. The molecule has 2 saturated heterocycles. The van der Waals surface area contributed by atoms with Crippen molar-refractivity contribution in [3.05, 3.63) is 41.5 Å². The zero-order valence-corrected chi connectivity index (χ0v) is 15.8. The molecule has 0 aliphatic carbocycles. The van der Waals surface area contributed by atoms with Gasteiger partial charge in [0.1, 0.15) is 5.82 Å². The average Bonchev–Trinajstić information content (AvgIpc) is 3.20. The van der Waals surface area contributed by atoms with Crippen LogP contribution < -0.4 is 0 Å². The molecule has 0 saturated carbocycles. The summed E-state index contributed by atoms with van der Waals surface area (Å²) in [6.07, 6.45) is 7.62. The van der Waals surface area contributed by atoms with Crippen molar-refractivity contribution in [3.8, 4) is 5.69 Å². The molecule has 0 atom stereocenters. The first-order valence-electron chi connectivity index (χ1n) is 9.84. The Balaban J connectivity index is 1.39. The lowest BCUT2D eigenvalue weighted by Gasteiger charge is -2.40. The number of aromatic nitrogens is 3. The van der Waals surface area contributed by atoms with Gasteiger partial charge in [0, 0.05) is 19.1 Å². The quantitative estimate of drug-likeness (QED) is 0.833. The van der Waals surface area contributed by atoms with E-state index in [0.29, 0.717) is 23.0 Å². The molecule has 2 aliphatic rings. The molecule has 1 amide bonds. The Kier molecular flexibility index (Phi) is 5.20.